The molecule has 0 saturated heterocycles. The van der Waals surface area contributed by atoms with Crippen LogP contribution in [0, 0.1) is 5.92 Å². The monoisotopic (exact) mass is 272 g/mol. The SMILES string of the molecule is CCC1CCCCC1NC(=O)C1CNc2ccccc21. The summed E-state index contributed by atoms with van der Waals surface area (Å²) < 4.78 is 0. The molecule has 3 unspecified atom stereocenters. The van der Waals surface area contributed by atoms with Crippen molar-refractivity contribution < 1.29 is 4.79 Å². The van der Waals surface area contributed by atoms with Crippen LogP contribution in [0.1, 0.15) is 50.5 Å². The van der Waals surface area contributed by atoms with Gasteiger partial charge in [-0.25, -0.2) is 0 Å². The highest BCUT2D eigenvalue weighted by Gasteiger charge is 2.31. The molecule has 1 fully saturated rings. The van der Waals surface area contributed by atoms with E-state index in [0.717, 1.165) is 24.2 Å². The summed E-state index contributed by atoms with van der Waals surface area (Å²) >= 11 is 0. The fourth-order valence-corrected chi connectivity index (χ4v) is 3.69. The van der Waals surface area contributed by atoms with Crippen LogP contribution >= 0.6 is 0 Å². The van der Waals surface area contributed by atoms with Crippen molar-refractivity contribution in [1.82, 2.24) is 5.32 Å². The first-order valence-corrected chi connectivity index (χ1v) is 7.92. The first kappa shape index (κ1) is 13.5. The standard InChI is InChI=1S/C17H24N2O/c1-2-12-7-3-5-9-15(12)19-17(20)14-11-18-16-10-6-4-8-13(14)16/h4,6,8,10,12,14-15,18H,2-3,5,7,9,11H2,1H3,(H,19,20). The third kappa shape index (κ3) is 2.54. The van der Waals surface area contributed by atoms with E-state index >= 15 is 0 Å². The van der Waals surface area contributed by atoms with E-state index in [0.29, 0.717) is 12.0 Å². The number of anilines is 1. The van der Waals surface area contributed by atoms with Crippen molar-refractivity contribution in [1.29, 1.82) is 0 Å². The molecule has 0 spiro atoms. The summed E-state index contributed by atoms with van der Waals surface area (Å²) in [6.07, 6.45) is 6.15. The minimum absolute atomic E-state index is 0.0226. The van der Waals surface area contributed by atoms with E-state index in [1.807, 2.05) is 12.1 Å². The summed E-state index contributed by atoms with van der Waals surface area (Å²) in [7, 11) is 0. The summed E-state index contributed by atoms with van der Waals surface area (Å²) in [6, 6.07) is 8.53. The molecule has 108 valence electrons. The first-order chi connectivity index (χ1) is 9.79. The highest BCUT2D eigenvalue weighted by atomic mass is 16.2. The third-order valence-corrected chi connectivity index (χ3v) is 4.91. The maximum Gasteiger partial charge on any atom is 0.229 e. The van der Waals surface area contributed by atoms with Crippen molar-refractivity contribution in [2.24, 2.45) is 5.92 Å². The van der Waals surface area contributed by atoms with Crippen LogP contribution in [0.5, 0.6) is 0 Å². The van der Waals surface area contributed by atoms with Gasteiger partial charge in [0.1, 0.15) is 0 Å². The molecule has 2 aliphatic rings. The van der Waals surface area contributed by atoms with Gasteiger partial charge in [-0.15, -0.1) is 0 Å². The Bertz CT molecular complexity index is 486. The van der Waals surface area contributed by atoms with Crippen molar-refractivity contribution in [3.8, 4) is 0 Å². The number of para-hydroxylation sites is 1. The van der Waals surface area contributed by atoms with Crippen LogP contribution in [-0.4, -0.2) is 18.5 Å². The largest absolute Gasteiger partial charge is 0.384 e. The number of benzene rings is 1. The zero-order chi connectivity index (χ0) is 13.9. The van der Waals surface area contributed by atoms with Crippen molar-refractivity contribution in [2.45, 2.75) is 51.0 Å². The van der Waals surface area contributed by atoms with Gasteiger partial charge in [0, 0.05) is 18.3 Å². The maximum atomic E-state index is 12.6. The van der Waals surface area contributed by atoms with Crippen molar-refractivity contribution in [2.75, 3.05) is 11.9 Å². The van der Waals surface area contributed by atoms with E-state index in [1.165, 1.54) is 25.7 Å². The minimum atomic E-state index is -0.0226. The quantitative estimate of drug-likeness (QED) is 0.886. The van der Waals surface area contributed by atoms with E-state index in [9.17, 15) is 4.79 Å². The Morgan fingerprint density at radius 3 is 2.95 bits per heavy atom. The van der Waals surface area contributed by atoms with Crippen LogP contribution in [0.2, 0.25) is 0 Å². The van der Waals surface area contributed by atoms with E-state index in [1.54, 1.807) is 0 Å². The van der Waals surface area contributed by atoms with Gasteiger partial charge < -0.3 is 10.6 Å². The number of carbonyl (C=O) groups excluding carboxylic acids is 1. The summed E-state index contributed by atoms with van der Waals surface area (Å²) in [5.74, 6) is 0.843. The Morgan fingerprint density at radius 1 is 1.30 bits per heavy atom. The Morgan fingerprint density at radius 2 is 2.10 bits per heavy atom. The molecular formula is C17H24N2O. The van der Waals surface area contributed by atoms with Gasteiger partial charge in [-0.1, -0.05) is 44.4 Å². The molecule has 3 atom stereocenters. The van der Waals surface area contributed by atoms with Gasteiger partial charge in [0.15, 0.2) is 0 Å². The van der Waals surface area contributed by atoms with Crippen molar-refractivity contribution in [3.63, 3.8) is 0 Å². The molecule has 1 aliphatic heterocycles. The number of amides is 1. The van der Waals surface area contributed by atoms with Gasteiger partial charge in [0.25, 0.3) is 0 Å². The van der Waals surface area contributed by atoms with Crippen molar-refractivity contribution in [3.05, 3.63) is 29.8 Å². The molecule has 3 rings (SSSR count). The predicted molar refractivity (Wildman–Crippen MR) is 81.9 cm³/mol. The van der Waals surface area contributed by atoms with E-state index in [2.05, 4.69) is 29.7 Å². The van der Waals surface area contributed by atoms with Gasteiger partial charge >= 0.3 is 0 Å². The Hall–Kier alpha value is -1.51. The molecule has 1 aromatic carbocycles. The number of nitrogens with one attached hydrogen (secondary N) is 2. The van der Waals surface area contributed by atoms with Crippen LogP contribution in [0.15, 0.2) is 24.3 Å². The average Bonchev–Trinajstić information content (AvgIpc) is 2.92. The summed E-state index contributed by atoms with van der Waals surface area (Å²) in [6.45, 7) is 2.97. The maximum absolute atomic E-state index is 12.6. The molecule has 1 saturated carbocycles. The van der Waals surface area contributed by atoms with Gasteiger partial charge in [-0.05, 0) is 30.4 Å². The second-order valence-electron chi connectivity index (χ2n) is 6.09. The second kappa shape index (κ2) is 5.86. The van der Waals surface area contributed by atoms with Crippen molar-refractivity contribution >= 4 is 11.6 Å². The van der Waals surface area contributed by atoms with Crippen LogP contribution < -0.4 is 10.6 Å². The summed E-state index contributed by atoms with van der Waals surface area (Å²) in [5, 5.41) is 6.66. The number of rotatable bonds is 3. The van der Waals surface area contributed by atoms with E-state index < -0.39 is 0 Å². The molecule has 2 N–H and O–H groups in total. The smallest absolute Gasteiger partial charge is 0.229 e. The number of fused-ring (bicyclic) bond motifs is 1. The third-order valence-electron chi connectivity index (χ3n) is 4.91. The lowest BCUT2D eigenvalue weighted by molar-refractivity contribution is -0.123. The molecule has 0 bridgehead atoms. The highest BCUT2D eigenvalue weighted by molar-refractivity contribution is 5.88. The zero-order valence-electron chi connectivity index (χ0n) is 12.2. The van der Waals surface area contributed by atoms with E-state index in [4.69, 9.17) is 0 Å². The van der Waals surface area contributed by atoms with Crippen LogP contribution in [0.3, 0.4) is 0 Å². The van der Waals surface area contributed by atoms with Gasteiger partial charge in [0.2, 0.25) is 5.91 Å². The first-order valence-electron chi connectivity index (χ1n) is 7.92. The van der Waals surface area contributed by atoms with Gasteiger partial charge in [-0.3, -0.25) is 4.79 Å². The summed E-state index contributed by atoms with van der Waals surface area (Å²) in [4.78, 5) is 12.6. The Labute approximate surface area is 121 Å². The van der Waals surface area contributed by atoms with Gasteiger partial charge in [-0.2, -0.15) is 0 Å². The Balaban J connectivity index is 1.68. The number of hydrogen-bond donors (Lipinski definition) is 2. The molecule has 3 heteroatoms. The van der Waals surface area contributed by atoms with E-state index in [-0.39, 0.29) is 11.8 Å². The predicted octanol–water partition coefficient (Wildman–Crippen LogP) is 3.28. The number of hydrogen-bond acceptors (Lipinski definition) is 2. The molecule has 0 radical (unpaired) electrons. The Kier molecular flexibility index (Phi) is 3.95. The summed E-state index contributed by atoms with van der Waals surface area (Å²) in [5.41, 5.74) is 2.26. The lowest BCUT2D eigenvalue weighted by Gasteiger charge is -2.32. The fraction of sp³-hybridized carbons (Fsp3) is 0.588. The molecule has 1 heterocycles. The fourth-order valence-electron chi connectivity index (χ4n) is 3.69. The molecule has 3 nitrogen and oxygen atoms in total. The minimum Gasteiger partial charge on any atom is -0.384 e. The molecule has 1 aromatic rings. The van der Waals surface area contributed by atoms with Crippen LogP contribution in [0.25, 0.3) is 0 Å². The topological polar surface area (TPSA) is 41.1 Å². The molecular weight excluding hydrogens is 248 g/mol. The van der Waals surface area contributed by atoms with Crippen LogP contribution in [-0.2, 0) is 4.79 Å². The average molecular weight is 272 g/mol. The highest BCUT2D eigenvalue weighted by Crippen LogP contribution is 2.32. The normalized spacial score (nSPS) is 28.6. The number of carbonyl (C=O) groups is 1. The lowest BCUT2D eigenvalue weighted by atomic mass is 9.82. The zero-order valence-corrected chi connectivity index (χ0v) is 12.2. The van der Waals surface area contributed by atoms with Gasteiger partial charge in [0.05, 0.1) is 5.92 Å². The molecule has 0 aromatic heterocycles. The molecule has 1 aliphatic carbocycles. The van der Waals surface area contributed by atoms with Crippen LogP contribution in [0.4, 0.5) is 5.69 Å². The second-order valence-corrected chi connectivity index (χ2v) is 6.09. The molecule has 20 heavy (non-hydrogen) atoms. The lowest BCUT2D eigenvalue weighted by Crippen LogP contribution is -2.44. The molecule has 1 amide bonds.